The number of ether oxygens (including phenoxy) is 1. The summed E-state index contributed by atoms with van der Waals surface area (Å²) in [6.45, 7) is 0.439. The van der Waals surface area contributed by atoms with Crippen LogP contribution in [-0.2, 0) is 6.54 Å². The molecular weight excluding hydrogens is 326 g/mol. The average molecular weight is 338 g/mol. The van der Waals surface area contributed by atoms with Crippen molar-refractivity contribution >= 4 is 27.4 Å². The molecule has 2 aromatic rings. The largest absolute Gasteiger partial charge is 0.497 e. The summed E-state index contributed by atoms with van der Waals surface area (Å²) < 4.78 is 5.61. The zero-order valence-electron chi connectivity index (χ0n) is 10.7. The van der Waals surface area contributed by atoms with Crippen molar-refractivity contribution in [3.8, 4) is 5.75 Å². The van der Waals surface area contributed by atoms with Crippen molar-refractivity contribution in [3.63, 3.8) is 0 Å². The van der Waals surface area contributed by atoms with Crippen LogP contribution in [0.5, 0.6) is 5.75 Å². The highest BCUT2D eigenvalue weighted by Gasteiger charge is 2.15. The molecule has 1 N–H and O–H groups in total. The molecule has 7 heteroatoms. The lowest BCUT2D eigenvalue weighted by atomic mass is 10.2. The Bertz CT molecular complexity index is 617. The topological polar surface area (TPSA) is 77.3 Å². The molecule has 2 rings (SSSR count). The van der Waals surface area contributed by atoms with Gasteiger partial charge in [-0.25, -0.2) is 4.98 Å². The van der Waals surface area contributed by atoms with Gasteiger partial charge < -0.3 is 10.1 Å². The first-order valence-electron chi connectivity index (χ1n) is 5.78. The summed E-state index contributed by atoms with van der Waals surface area (Å²) in [5, 5.41) is 13.9. The number of aromatic nitrogens is 1. The van der Waals surface area contributed by atoms with Crippen LogP contribution in [0.4, 0.5) is 11.5 Å². The van der Waals surface area contributed by atoms with Gasteiger partial charge in [0.05, 0.1) is 12.0 Å². The van der Waals surface area contributed by atoms with Crippen LogP contribution in [0.3, 0.4) is 0 Å². The Morgan fingerprint density at radius 3 is 2.60 bits per heavy atom. The van der Waals surface area contributed by atoms with Crippen molar-refractivity contribution in [2.75, 3.05) is 12.4 Å². The van der Waals surface area contributed by atoms with Crippen LogP contribution in [0.2, 0.25) is 0 Å². The SMILES string of the molecule is COc1ccc(CNc2nc(Br)ccc2[N+](=O)[O-])cc1. The Hall–Kier alpha value is -2.15. The molecule has 0 atom stereocenters. The molecule has 20 heavy (non-hydrogen) atoms. The Morgan fingerprint density at radius 1 is 1.30 bits per heavy atom. The summed E-state index contributed by atoms with van der Waals surface area (Å²) in [5.41, 5.74) is 0.920. The van der Waals surface area contributed by atoms with E-state index in [0.717, 1.165) is 11.3 Å². The van der Waals surface area contributed by atoms with Crippen LogP contribution in [0, 0.1) is 10.1 Å². The molecule has 1 aromatic carbocycles. The van der Waals surface area contributed by atoms with E-state index in [-0.39, 0.29) is 11.5 Å². The minimum atomic E-state index is -0.463. The van der Waals surface area contributed by atoms with Crippen molar-refractivity contribution in [1.82, 2.24) is 4.98 Å². The molecular formula is C13H12BrN3O3. The van der Waals surface area contributed by atoms with Crippen molar-refractivity contribution in [1.29, 1.82) is 0 Å². The smallest absolute Gasteiger partial charge is 0.311 e. The Kier molecular flexibility index (Phi) is 4.52. The van der Waals surface area contributed by atoms with Gasteiger partial charge in [0.2, 0.25) is 5.82 Å². The van der Waals surface area contributed by atoms with Crippen LogP contribution in [-0.4, -0.2) is 17.0 Å². The molecule has 0 amide bonds. The van der Waals surface area contributed by atoms with E-state index in [0.29, 0.717) is 11.1 Å². The van der Waals surface area contributed by atoms with Gasteiger partial charge in [-0.3, -0.25) is 10.1 Å². The van der Waals surface area contributed by atoms with Gasteiger partial charge in [0, 0.05) is 12.6 Å². The first-order chi connectivity index (χ1) is 9.60. The van der Waals surface area contributed by atoms with Crippen LogP contribution in [0.15, 0.2) is 41.0 Å². The van der Waals surface area contributed by atoms with E-state index in [1.54, 1.807) is 7.11 Å². The van der Waals surface area contributed by atoms with E-state index in [4.69, 9.17) is 4.74 Å². The van der Waals surface area contributed by atoms with Crippen molar-refractivity contribution in [2.45, 2.75) is 6.54 Å². The van der Waals surface area contributed by atoms with Gasteiger partial charge in [0.25, 0.3) is 0 Å². The van der Waals surface area contributed by atoms with E-state index in [2.05, 4.69) is 26.2 Å². The number of benzene rings is 1. The number of nitro groups is 1. The lowest BCUT2D eigenvalue weighted by Crippen LogP contribution is -2.04. The van der Waals surface area contributed by atoms with E-state index in [9.17, 15) is 10.1 Å². The second kappa shape index (κ2) is 6.33. The summed E-state index contributed by atoms with van der Waals surface area (Å²) in [6, 6.07) is 10.4. The van der Waals surface area contributed by atoms with Gasteiger partial charge in [0.15, 0.2) is 0 Å². The predicted molar refractivity (Wildman–Crippen MR) is 78.9 cm³/mol. The van der Waals surface area contributed by atoms with E-state index < -0.39 is 4.92 Å². The normalized spacial score (nSPS) is 10.1. The molecule has 0 fully saturated rings. The molecule has 0 saturated heterocycles. The molecule has 0 aliphatic rings. The number of hydrogen-bond acceptors (Lipinski definition) is 5. The number of rotatable bonds is 5. The molecule has 0 radical (unpaired) electrons. The summed E-state index contributed by atoms with van der Waals surface area (Å²) in [4.78, 5) is 14.5. The minimum absolute atomic E-state index is 0.0540. The van der Waals surface area contributed by atoms with E-state index in [1.807, 2.05) is 24.3 Å². The third kappa shape index (κ3) is 3.45. The molecule has 0 unspecified atom stereocenters. The second-order valence-electron chi connectivity index (χ2n) is 3.96. The zero-order chi connectivity index (χ0) is 14.5. The van der Waals surface area contributed by atoms with Crippen LogP contribution in [0.25, 0.3) is 0 Å². The number of nitrogens with zero attached hydrogens (tertiary/aromatic N) is 2. The van der Waals surface area contributed by atoms with E-state index >= 15 is 0 Å². The quantitative estimate of drug-likeness (QED) is 0.514. The van der Waals surface area contributed by atoms with Crippen LogP contribution >= 0.6 is 15.9 Å². The number of anilines is 1. The van der Waals surface area contributed by atoms with Crippen molar-refractivity contribution < 1.29 is 9.66 Å². The van der Waals surface area contributed by atoms with Crippen LogP contribution < -0.4 is 10.1 Å². The Balaban J connectivity index is 2.13. The third-order valence-corrected chi connectivity index (χ3v) is 3.10. The summed E-state index contributed by atoms with van der Waals surface area (Å²) in [5.74, 6) is 1.00. The van der Waals surface area contributed by atoms with Crippen molar-refractivity contribution in [3.05, 3.63) is 56.7 Å². The second-order valence-corrected chi connectivity index (χ2v) is 4.77. The lowest BCUT2D eigenvalue weighted by molar-refractivity contribution is -0.384. The lowest BCUT2D eigenvalue weighted by Gasteiger charge is -2.07. The number of halogens is 1. The van der Waals surface area contributed by atoms with Crippen LogP contribution in [0.1, 0.15) is 5.56 Å². The Morgan fingerprint density at radius 2 is 2.00 bits per heavy atom. The summed E-state index contributed by atoms with van der Waals surface area (Å²) >= 11 is 3.20. The van der Waals surface area contributed by atoms with Gasteiger partial charge >= 0.3 is 5.69 Å². The average Bonchev–Trinajstić information content (AvgIpc) is 2.45. The fourth-order valence-corrected chi connectivity index (χ4v) is 1.94. The van der Waals surface area contributed by atoms with Gasteiger partial charge in [-0.1, -0.05) is 12.1 Å². The molecule has 6 nitrogen and oxygen atoms in total. The van der Waals surface area contributed by atoms with E-state index in [1.165, 1.54) is 12.1 Å². The minimum Gasteiger partial charge on any atom is -0.497 e. The Labute approximate surface area is 124 Å². The monoisotopic (exact) mass is 337 g/mol. The fraction of sp³-hybridized carbons (Fsp3) is 0.154. The molecule has 0 aliphatic heterocycles. The maximum atomic E-state index is 10.9. The van der Waals surface area contributed by atoms with Gasteiger partial charge in [-0.15, -0.1) is 0 Å². The zero-order valence-corrected chi connectivity index (χ0v) is 12.3. The highest BCUT2D eigenvalue weighted by atomic mass is 79.9. The summed E-state index contributed by atoms with van der Waals surface area (Å²) in [6.07, 6.45) is 0. The maximum absolute atomic E-state index is 10.9. The van der Waals surface area contributed by atoms with Gasteiger partial charge in [0.1, 0.15) is 10.4 Å². The highest BCUT2D eigenvalue weighted by Crippen LogP contribution is 2.24. The molecule has 0 bridgehead atoms. The molecule has 0 spiro atoms. The molecule has 1 aromatic heterocycles. The number of nitrogens with one attached hydrogen (secondary N) is 1. The standard InChI is InChI=1S/C13H12BrN3O3/c1-20-10-4-2-9(3-5-10)8-15-13-11(17(18)19)6-7-12(14)16-13/h2-7H,8H2,1H3,(H,15,16). The first-order valence-corrected chi connectivity index (χ1v) is 6.57. The number of methoxy groups -OCH3 is 1. The third-order valence-electron chi connectivity index (χ3n) is 2.66. The fourth-order valence-electron chi connectivity index (χ4n) is 1.63. The van der Waals surface area contributed by atoms with Gasteiger partial charge in [-0.2, -0.15) is 0 Å². The number of pyridine rings is 1. The van der Waals surface area contributed by atoms with Crippen molar-refractivity contribution in [2.24, 2.45) is 0 Å². The highest BCUT2D eigenvalue weighted by molar-refractivity contribution is 9.10. The number of hydrogen-bond donors (Lipinski definition) is 1. The molecule has 104 valence electrons. The summed E-state index contributed by atoms with van der Waals surface area (Å²) in [7, 11) is 1.60. The predicted octanol–water partition coefficient (Wildman–Crippen LogP) is 3.37. The van der Waals surface area contributed by atoms with Gasteiger partial charge in [-0.05, 0) is 39.7 Å². The molecule has 1 heterocycles. The first kappa shape index (κ1) is 14.3. The maximum Gasteiger partial charge on any atom is 0.311 e. The molecule has 0 saturated carbocycles. The molecule has 0 aliphatic carbocycles.